The van der Waals surface area contributed by atoms with E-state index in [1.165, 1.54) is 12.1 Å². The summed E-state index contributed by atoms with van der Waals surface area (Å²) in [5, 5.41) is 28.8. The van der Waals surface area contributed by atoms with Crippen LogP contribution in [0.3, 0.4) is 0 Å². The Morgan fingerprint density at radius 2 is 2.00 bits per heavy atom. The molecule has 0 fully saturated rings. The lowest BCUT2D eigenvalue weighted by atomic mass is 10.3. The number of aromatic nitrogens is 3. The topological polar surface area (TPSA) is 109 Å². The molecule has 0 aliphatic rings. The van der Waals surface area contributed by atoms with Crippen LogP contribution in [0, 0.1) is 0 Å². The fraction of sp³-hybridized carbons (Fsp3) is 0.111. The van der Waals surface area contributed by atoms with Crippen LogP contribution in [0.5, 0.6) is 11.5 Å². The molecule has 0 aliphatic carbocycles. The molecule has 0 aliphatic heterocycles. The lowest BCUT2D eigenvalue weighted by Gasteiger charge is -2.06. The van der Waals surface area contributed by atoms with Gasteiger partial charge < -0.3 is 21.3 Å². The van der Waals surface area contributed by atoms with Crippen molar-refractivity contribution in [1.82, 2.24) is 14.8 Å². The molecule has 0 atom stereocenters. The van der Waals surface area contributed by atoms with Crippen LogP contribution in [-0.4, -0.2) is 25.0 Å². The molecule has 84 valence electrons. The number of hydrogen-bond acceptors (Lipinski definition) is 6. The molecule has 2 rings (SSSR count). The smallest absolute Gasteiger partial charge is 0.230 e. The molecule has 1 aromatic heterocycles. The fourth-order valence-corrected chi connectivity index (χ4v) is 1.18. The van der Waals surface area contributed by atoms with Gasteiger partial charge in [-0.15, -0.1) is 10.2 Å². The fourth-order valence-electron chi connectivity index (χ4n) is 1.18. The molecule has 0 amide bonds. The molecule has 0 bridgehead atoms. The van der Waals surface area contributed by atoms with Crippen molar-refractivity contribution in [3.05, 3.63) is 18.2 Å². The van der Waals surface area contributed by atoms with E-state index in [0.717, 1.165) is 0 Å². The molecule has 5 N–H and O–H groups in total. The SMILES string of the molecule is Cn1c(N)nnc1Nc1ccc(O)c(O)c1. The van der Waals surface area contributed by atoms with Crippen LogP contribution < -0.4 is 11.1 Å². The van der Waals surface area contributed by atoms with E-state index < -0.39 is 0 Å². The highest BCUT2D eigenvalue weighted by Crippen LogP contribution is 2.28. The van der Waals surface area contributed by atoms with E-state index >= 15 is 0 Å². The Bertz CT molecular complexity index is 523. The molecule has 1 aromatic carbocycles. The molecule has 0 spiro atoms. The second-order valence-electron chi connectivity index (χ2n) is 3.27. The molecule has 7 heteroatoms. The van der Waals surface area contributed by atoms with Crippen LogP contribution in [0.4, 0.5) is 17.6 Å². The number of aromatic hydroxyl groups is 2. The second-order valence-corrected chi connectivity index (χ2v) is 3.27. The first-order chi connectivity index (χ1) is 7.58. The van der Waals surface area contributed by atoms with Crippen molar-refractivity contribution in [2.45, 2.75) is 0 Å². The van der Waals surface area contributed by atoms with Crippen molar-refractivity contribution < 1.29 is 10.2 Å². The quantitative estimate of drug-likeness (QED) is 0.435. The van der Waals surface area contributed by atoms with E-state index in [9.17, 15) is 5.11 Å². The summed E-state index contributed by atoms with van der Waals surface area (Å²) in [6, 6.07) is 4.34. The van der Waals surface area contributed by atoms with Gasteiger partial charge in [0.1, 0.15) is 0 Å². The summed E-state index contributed by atoms with van der Waals surface area (Å²) < 4.78 is 1.56. The van der Waals surface area contributed by atoms with Crippen molar-refractivity contribution in [3.8, 4) is 11.5 Å². The third kappa shape index (κ3) is 1.70. The van der Waals surface area contributed by atoms with Gasteiger partial charge in [0, 0.05) is 18.8 Å². The number of benzene rings is 1. The zero-order valence-corrected chi connectivity index (χ0v) is 8.55. The van der Waals surface area contributed by atoms with E-state index in [1.54, 1.807) is 17.7 Å². The Labute approximate surface area is 91.2 Å². The summed E-state index contributed by atoms with van der Waals surface area (Å²) in [5.41, 5.74) is 6.08. The first-order valence-electron chi connectivity index (χ1n) is 4.52. The molecular formula is C9H11N5O2. The van der Waals surface area contributed by atoms with Gasteiger partial charge in [-0.25, -0.2) is 0 Å². The van der Waals surface area contributed by atoms with E-state index in [0.29, 0.717) is 11.6 Å². The molecular weight excluding hydrogens is 210 g/mol. The average Bonchev–Trinajstić information content (AvgIpc) is 2.55. The van der Waals surface area contributed by atoms with Gasteiger partial charge in [0.2, 0.25) is 11.9 Å². The Balaban J connectivity index is 2.27. The van der Waals surface area contributed by atoms with Crippen molar-refractivity contribution in [2.75, 3.05) is 11.1 Å². The van der Waals surface area contributed by atoms with Gasteiger partial charge in [-0.05, 0) is 12.1 Å². The maximum Gasteiger partial charge on any atom is 0.230 e. The van der Waals surface area contributed by atoms with Gasteiger partial charge in [-0.1, -0.05) is 0 Å². The summed E-state index contributed by atoms with van der Waals surface area (Å²) in [5.74, 6) is 0.344. The predicted octanol–water partition coefficient (Wildman–Crippen LogP) is 0.552. The molecule has 1 heterocycles. The van der Waals surface area contributed by atoms with Crippen LogP contribution in [0.25, 0.3) is 0 Å². The number of hydrogen-bond donors (Lipinski definition) is 4. The molecule has 2 aromatic rings. The molecule has 0 radical (unpaired) electrons. The Hall–Kier alpha value is -2.44. The van der Waals surface area contributed by atoms with Gasteiger partial charge in [0.05, 0.1) is 0 Å². The molecule has 0 saturated heterocycles. The van der Waals surface area contributed by atoms with Crippen LogP contribution >= 0.6 is 0 Å². The second kappa shape index (κ2) is 3.61. The average molecular weight is 221 g/mol. The minimum atomic E-state index is -0.208. The lowest BCUT2D eigenvalue weighted by Crippen LogP contribution is -2.01. The summed E-state index contributed by atoms with van der Waals surface area (Å²) >= 11 is 0. The maximum absolute atomic E-state index is 9.30. The number of phenolic OH excluding ortho intramolecular Hbond substituents is 2. The number of nitrogen functional groups attached to an aromatic ring is 1. The minimum Gasteiger partial charge on any atom is -0.504 e. The van der Waals surface area contributed by atoms with Gasteiger partial charge in [-0.3, -0.25) is 4.57 Å². The van der Waals surface area contributed by atoms with Crippen LogP contribution in [0.1, 0.15) is 0 Å². The van der Waals surface area contributed by atoms with E-state index in [1.807, 2.05) is 0 Å². The van der Waals surface area contributed by atoms with E-state index in [4.69, 9.17) is 10.8 Å². The Kier molecular flexibility index (Phi) is 2.28. The third-order valence-electron chi connectivity index (χ3n) is 2.14. The zero-order chi connectivity index (χ0) is 11.7. The first-order valence-corrected chi connectivity index (χ1v) is 4.52. The summed E-state index contributed by atoms with van der Waals surface area (Å²) in [7, 11) is 1.71. The lowest BCUT2D eigenvalue weighted by molar-refractivity contribution is 0.404. The summed E-state index contributed by atoms with van der Waals surface area (Å²) in [6.07, 6.45) is 0. The molecule has 7 nitrogen and oxygen atoms in total. The van der Waals surface area contributed by atoms with Crippen molar-refractivity contribution >= 4 is 17.6 Å². The van der Waals surface area contributed by atoms with E-state index in [2.05, 4.69) is 15.5 Å². The number of nitrogens with zero attached hydrogens (tertiary/aromatic N) is 3. The minimum absolute atomic E-state index is 0.178. The highest BCUT2D eigenvalue weighted by Gasteiger charge is 2.06. The van der Waals surface area contributed by atoms with Crippen LogP contribution in [0.15, 0.2) is 18.2 Å². The number of phenols is 2. The van der Waals surface area contributed by atoms with Gasteiger partial charge in [-0.2, -0.15) is 0 Å². The van der Waals surface area contributed by atoms with Crippen LogP contribution in [-0.2, 0) is 7.05 Å². The number of rotatable bonds is 2. The van der Waals surface area contributed by atoms with Gasteiger partial charge in [0.15, 0.2) is 11.5 Å². The molecule has 0 unspecified atom stereocenters. The van der Waals surface area contributed by atoms with Crippen molar-refractivity contribution in [2.24, 2.45) is 7.05 Å². The first kappa shape index (κ1) is 10.1. The van der Waals surface area contributed by atoms with Crippen LogP contribution in [0.2, 0.25) is 0 Å². The highest BCUT2D eigenvalue weighted by molar-refractivity contribution is 5.59. The molecule has 16 heavy (non-hydrogen) atoms. The molecule has 0 saturated carbocycles. The van der Waals surface area contributed by atoms with Gasteiger partial charge >= 0.3 is 0 Å². The van der Waals surface area contributed by atoms with Crippen molar-refractivity contribution in [3.63, 3.8) is 0 Å². The Morgan fingerprint density at radius 1 is 1.25 bits per heavy atom. The van der Waals surface area contributed by atoms with Gasteiger partial charge in [0.25, 0.3) is 0 Å². The van der Waals surface area contributed by atoms with E-state index in [-0.39, 0.29) is 17.4 Å². The number of nitrogens with two attached hydrogens (primary N) is 1. The third-order valence-corrected chi connectivity index (χ3v) is 2.14. The maximum atomic E-state index is 9.30. The zero-order valence-electron chi connectivity index (χ0n) is 8.55. The predicted molar refractivity (Wildman–Crippen MR) is 58.5 cm³/mol. The summed E-state index contributed by atoms with van der Waals surface area (Å²) in [4.78, 5) is 0. The number of nitrogens with one attached hydrogen (secondary N) is 1. The number of anilines is 3. The largest absolute Gasteiger partial charge is 0.504 e. The summed E-state index contributed by atoms with van der Waals surface area (Å²) in [6.45, 7) is 0. The normalized spacial score (nSPS) is 10.3. The monoisotopic (exact) mass is 221 g/mol. The Morgan fingerprint density at radius 3 is 2.56 bits per heavy atom. The standard InChI is InChI=1S/C9H11N5O2/c1-14-8(10)12-13-9(14)11-5-2-3-6(15)7(16)4-5/h2-4,15-16H,1H3,(H2,10,12)(H,11,13). The highest BCUT2D eigenvalue weighted by atomic mass is 16.3. The van der Waals surface area contributed by atoms with Crippen molar-refractivity contribution in [1.29, 1.82) is 0 Å².